The number of hydrogen-bond acceptors (Lipinski definition) is 3. The zero-order chi connectivity index (χ0) is 22.6. The molecule has 164 valence electrons. The van der Waals surface area contributed by atoms with Gasteiger partial charge in [-0.05, 0) is 29.3 Å². The quantitative estimate of drug-likeness (QED) is 0.465. The van der Waals surface area contributed by atoms with E-state index in [1.54, 1.807) is 12.5 Å². The number of benzene rings is 2. The number of amides is 2. The zero-order valence-corrected chi connectivity index (χ0v) is 16.8. The van der Waals surface area contributed by atoms with Gasteiger partial charge in [0.1, 0.15) is 0 Å². The second kappa shape index (κ2) is 8.96. The second-order valence-electron chi connectivity index (χ2n) is 7.06. The van der Waals surface area contributed by atoms with Crippen LogP contribution in [0.4, 0.5) is 23.8 Å². The van der Waals surface area contributed by atoms with Crippen molar-refractivity contribution in [3.63, 3.8) is 0 Å². The van der Waals surface area contributed by atoms with E-state index in [-0.39, 0.29) is 11.5 Å². The summed E-state index contributed by atoms with van der Waals surface area (Å²) in [6.07, 6.45) is 2.35. The monoisotopic (exact) mass is 440 g/mol. The number of hydrogen-bond donors (Lipinski definition) is 2. The van der Waals surface area contributed by atoms with Crippen molar-refractivity contribution in [1.29, 1.82) is 0 Å². The molecule has 0 unspecified atom stereocenters. The summed E-state index contributed by atoms with van der Waals surface area (Å²) in [4.78, 5) is 16.2. The van der Waals surface area contributed by atoms with Crippen molar-refractivity contribution in [2.24, 2.45) is 0 Å². The lowest BCUT2D eigenvalue weighted by molar-refractivity contribution is -0.137. The van der Waals surface area contributed by atoms with E-state index in [9.17, 15) is 18.0 Å². The van der Waals surface area contributed by atoms with E-state index in [4.69, 9.17) is 0 Å². The van der Waals surface area contributed by atoms with Crippen molar-refractivity contribution < 1.29 is 18.0 Å². The average molecular weight is 440 g/mol. The highest BCUT2D eigenvalue weighted by Gasteiger charge is 2.30. The van der Waals surface area contributed by atoms with Gasteiger partial charge < -0.3 is 9.88 Å². The summed E-state index contributed by atoms with van der Waals surface area (Å²) in [5.74, 6) is 0.216. The molecule has 0 aliphatic carbocycles. The number of carbonyl (C=O) groups excluding carboxylic acids is 1. The van der Waals surface area contributed by atoms with Gasteiger partial charge in [0.25, 0.3) is 0 Å². The minimum Gasteiger partial charge on any atom is -0.334 e. The Morgan fingerprint density at radius 3 is 2.59 bits per heavy atom. The molecule has 0 fully saturated rings. The zero-order valence-electron chi connectivity index (χ0n) is 16.8. The Morgan fingerprint density at radius 1 is 1.00 bits per heavy atom. The topological polar surface area (TPSA) is 76.8 Å². The number of nitrogens with zero attached hydrogens (tertiary/aromatic N) is 4. The predicted molar refractivity (Wildman–Crippen MR) is 112 cm³/mol. The number of aromatic nitrogens is 4. The molecule has 2 N–H and O–H groups in total. The summed E-state index contributed by atoms with van der Waals surface area (Å²) in [5, 5.41) is 9.45. The summed E-state index contributed by atoms with van der Waals surface area (Å²) >= 11 is 0. The lowest BCUT2D eigenvalue weighted by atomic mass is 10.1. The third kappa shape index (κ3) is 5.34. The van der Waals surface area contributed by atoms with Gasteiger partial charge >= 0.3 is 12.2 Å². The molecule has 0 aliphatic heterocycles. The van der Waals surface area contributed by atoms with Gasteiger partial charge in [0.2, 0.25) is 0 Å². The fourth-order valence-corrected chi connectivity index (χ4v) is 3.13. The summed E-state index contributed by atoms with van der Waals surface area (Å²) in [6, 6.07) is 13.6. The van der Waals surface area contributed by atoms with Gasteiger partial charge in [-0.25, -0.2) is 14.5 Å². The number of alkyl halides is 3. The molecule has 2 amide bonds. The van der Waals surface area contributed by atoms with Crippen LogP contribution in [0.25, 0.3) is 5.69 Å². The van der Waals surface area contributed by atoms with Gasteiger partial charge in [-0.3, -0.25) is 5.32 Å². The van der Waals surface area contributed by atoms with Crippen LogP contribution in [0.1, 0.15) is 16.7 Å². The minimum absolute atomic E-state index is 0.216. The number of imidazole rings is 1. The van der Waals surface area contributed by atoms with Crippen LogP contribution in [0.5, 0.6) is 0 Å². The van der Waals surface area contributed by atoms with Gasteiger partial charge in [-0.2, -0.15) is 13.2 Å². The molecule has 0 aliphatic rings. The van der Waals surface area contributed by atoms with Crippen molar-refractivity contribution >= 4 is 11.8 Å². The van der Waals surface area contributed by atoms with Crippen molar-refractivity contribution in [3.05, 3.63) is 96.2 Å². The predicted octanol–water partition coefficient (Wildman–Crippen LogP) is 4.46. The Balaban J connectivity index is 1.34. The van der Waals surface area contributed by atoms with Crippen molar-refractivity contribution in [3.8, 4) is 5.69 Å². The van der Waals surface area contributed by atoms with Crippen LogP contribution in [0, 0.1) is 0 Å². The Labute approximate surface area is 181 Å². The van der Waals surface area contributed by atoms with Crippen LogP contribution >= 0.6 is 0 Å². The van der Waals surface area contributed by atoms with E-state index in [2.05, 4.69) is 20.7 Å². The Bertz CT molecular complexity index is 1200. The van der Waals surface area contributed by atoms with Crippen LogP contribution in [-0.4, -0.2) is 25.4 Å². The number of anilines is 1. The molecule has 4 rings (SSSR count). The van der Waals surface area contributed by atoms with E-state index in [1.807, 2.05) is 35.0 Å². The van der Waals surface area contributed by atoms with E-state index >= 15 is 0 Å². The van der Waals surface area contributed by atoms with E-state index in [0.717, 1.165) is 23.3 Å². The number of urea groups is 1. The molecule has 0 saturated heterocycles. The molecule has 7 nitrogen and oxygen atoms in total. The molecular formula is C22H19F3N6O. The van der Waals surface area contributed by atoms with Gasteiger partial charge in [0, 0.05) is 37.7 Å². The third-order valence-corrected chi connectivity index (χ3v) is 4.64. The molecular weight excluding hydrogens is 421 g/mol. The third-order valence-electron chi connectivity index (χ3n) is 4.64. The first kappa shape index (κ1) is 21.2. The van der Waals surface area contributed by atoms with Crippen LogP contribution in [0.15, 0.2) is 79.5 Å². The first-order valence-corrected chi connectivity index (χ1v) is 9.68. The van der Waals surface area contributed by atoms with Crippen LogP contribution < -0.4 is 10.6 Å². The average Bonchev–Trinajstić information content (AvgIpc) is 3.44. The van der Waals surface area contributed by atoms with E-state index in [0.29, 0.717) is 13.1 Å². The number of halogens is 3. The lowest BCUT2D eigenvalue weighted by Gasteiger charge is -2.09. The van der Waals surface area contributed by atoms with Crippen molar-refractivity contribution in [2.45, 2.75) is 19.3 Å². The minimum atomic E-state index is -4.44. The smallest absolute Gasteiger partial charge is 0.334 e. The Morgan fingerprint density at radius 2 is 1.81 bits per heavy atom. The summed E-state index contributed by atoms with van der Waals surface area (Å²) in [5.41, 5.74) is 1.46. The van der Waals surface area contributed by atoms with Gasteiger partial charge in [0.05, 0.1) is 17.6 Å². The van der Waals surface area contributed by atoms with E-state index < -0.39 is 17.8 Å². The molecule has 10 heteroatoms. The summed E-state index contributed by atoms with van der Waals surface area (Å²) < 4.78 is 41.9. The molecule has 0 spiro atoms. The molecule has 0 radical (unpaired) electrons. The number of nitrogens with one attached hydrogen (secondary N) is 2. The normalized spacial score (nSPS) is 11.3. The maximum absolute atomic E-state index is 12.9. The largest absolute Gasteiger partial charge is 0.416 e. The van der Waals surface area contributed by atoms with Crippen molar-refractivity contribution in [2.75, 3.05) is 5.32 Å². The summed E-state index contributed by atoms with van der Waals surface area (Å²) in [7, 11) is 0. The highest BCUT2D eigenvalue weighted by Crippen LogP contribution is 2.30. The lowest BCUT2D eigenvalue weighted by Crippen LogP contribution is -2.28. The molecule has 2 heterocycles. The van der Waals surface area contributed by atoms with Crippen LogP contribution in [0.2, 0.25) is 0 Å². The first-order valence-electron chi connectivity index (χ1n) is 9.68. The maximum atomic E-state index is 12.9. The first-order chi connectivity index (χ1) is 15.4. The molecule has 32 heavy (non-hydrogen) atoms. The molecule has 4 aromatic rings. The maximum Gasteiger partial charge on any atom is 0.416 e. The standard InChI is InChI=1S/C22H19F3N6O/c23-22(24,25)18-5-2-6-19(12-18)31-9-7-20(29-31)28-21(32)27-13-16-3-1-4-17(11-16)14-30-10-8-26-15-30/h1-12,15H,13-14H2,(H2,27,28,29,32). The molecule has 0 saturated carbocycles. The highest BCUT2D eigenvalue weighted by molar-refractivity contribution is 5.88. The number of rotatable bonds is 6. The molecule has 0 atom stereocenters. The fraction of sp³-hybridized carbons (Fsp3) is 0.136. The van der Waals surface area contributed by atoms with E-state index in [1.165, 1.54) is 29.1 Å². The van der Waals surface area contributed by atoms with Crippen LogP contribution in [0.3, 0.4) is 0 Å². The number of carbonyl (C=O) groups is 1. The second-order valence-corrected chi connectivity index (χ2v) is 7.06. The fourth-order valence-electron chi connectivity index (χ4n) is 3.13. The van der Waals surface area contributed by atoms with Crippen LogP contribution in [-0.2, 0) is 19.3 Å². The Kier molecular flexibility index (Phi) is 5.93. The van der Waals surface area contributed by atoms with Crippen molar-refractivity contribution in [1.82, 2.24) is 24.6 Å². The van der Waals surface area contributed by atoms with Gasteiger partial charge in [-0.15, -0.1) is 5.10 Å². The molecule has 2 aromatic heterocycles. The van der Waals surface area contributed by atoms with Gasteiger partial charge in [-0.1, -0.05) is 30.3 Å². The molecule has 0 bridgehead atoms. The van der Waals surface area contributed by atoms with Gasteiger partial charge in [0.15, 0.2) is 5.82 Å². The summed E-state index contributed by atoms with van der Waals surface area (Å²) in [6.45, 7) is 0.977. The molecule has 2 aromatic carbocycles. The SMILES string of the molecule is O=C(NCc1cccc(Cn2ccnc2)c1)Nc1ccn(-c2cccc(C(F)(F)F)c2)n1. The Hall–Kier alpha value is -4.08. The highest BCUT2D eigenvalue weighted by atomic mass is 19.4.